The van der Waals surface area contributed by atoms with E-state index in [0.717, 1.165) is 30.4 Å². The highest BCUT2D eigenvalue weighted by atomic mass is 16.4. The maximum absolute atomic E-state index is 13.5. The van der Waals surface area contributed by atoms with Crippen LogP contribution in [0.2, 0.25) is 6.32 Å². The van der Waals surface area contributed by atoms with Gasteiger partial charge in [-0.25, -0.2) is 0 Å². The minimum absolute atomic E-state index is 0.0695. The summed E-state index contributed by atoms with van der Waals surface area (Å²) < 4.78 is 0. The molecule has 14 nitrogen and oxygen atoms in total. The Morgan fingerprint density at radius 3 is 1.93 bits per heavy atom. The molecule has 0 aliphatic heterocycles. The number of aliphatic hydroxyl groups excluding tert-OH is 1. The molecule has 0 bridgehead atoms. The Bertz CT molecular complexity index is 1630. The first-order chi connectivity index (χ1) is 27.1. The third-order valence-corrected chi connectivity index (χ3v) is 9.87. The average Bonchev–Trinajstić information content (AvgIpc) is 3.17. The number of nitrogens with one attached hydrogen (secondary N) is 2. The molecule has 9 N–H and O–H groups in total. The van der Waals surface area contributed by atoms with Gasteiger partial charge in [-0.2, -0.15) is 0 Å². The van der Waals surface area contributed by atoms with Crippen LogP contribution >= 0.6 is 0 Å². The van der Waals surface area contributed by atoms with Crippen LogP contribution in [0.1, 0.15) is 114 Å². The number of ketones is 4. The van der Waals surface area contributed by atoms with Crippen molar-refractivity contribution in [2.24, 2.45) is 23.3 Å². The fourth-order valence-corrected chi connectivity index (χ4v) is 6.39. The molecule has 0 aliphatic carbocycles. The van der Waals surface area contributed by atoms with E-state index in [0.29, 0.717) is 37.8 Å². The molecule has 0 radical (unpaired) electrons. The van der Waals surface area contributed by atoms with E-state index in [4.69, 9.17) is 21.5 Å². The average molecular weight is 793 g/mol. The van der Waals surface area contributed by atoms with Gasteiger partial charge in [0.05, 0.1) is 18.6 Å². The number of hydrogen-bond acceptors (Lipinski definition) is 11. The summed E-state index contributed by atoms with van der Waals surface area (Å²) in [6.45, 7) is 5.23. The second-order valence-electron chi connectivity index (χ2n) is 14.9. The molecule has 57 heavy (non-hydrogen) atoms. The Morgan fingerprint density at radius 2 is 1.37 bits per heavy atom. The number of benzene rings is 2. The van der Waals surface area contributed by atoms with Gasteiger partial charge in [-0.05, 0) is 68.6 Å². The van der Waals surface area contributed by atoms with E-state index in [2.05, 4.69) is 41.8 Å². The van der Waals surface area contributed by atoms with Crippen molar-refractivity contribution in [3.05, 3.63) is 59.7 Å². The molecular weight excluding hydrogens is 731 g/mol. The number of amides is 3. The number of Topliss-reactive ketones (excluding diaryl/α,β-unsaturated/α-hetero) is 4. The number of primary amides is 1. The van der Waals surface area contributed by atoms with Crippen LogP contribution < -0.4 is 22.1 Å². The highest BCUT2D eigenvalue weighted by molar-refractivity contribution is 6.41. The first kappa shape index (κ1) is 48.6. The number of nitrogens with two attached hydrogens (primary N) is 2. The van der Waals surface area contributed by atoms with Crippen molar-refractivity contribution in [2.45, 2.75) is 129 Å². The molecule has 312 valence electrons. The molecule has 2 aromatic rings. The Hall–Kier alpha value is -4.57. The summed E-state index contributed by atoms with van der Waals surface area (Å²) >= 11 is 0. The zero-order valence-electron chi connectivity index (χ0n) is 33.5. The SMILES string of the molecule is CCCCc1ccc(-c2ccc(C(=O)CCCC(=O)C[C@@H](CCCCN)C(=O)N[C@H](C(=O)C[C@@H](C)C(=O)N[C@@H](CC(N)=O)C(=O)CCB(O)O)C(C)O)cc2)cc1. The van der Waals surface area contributed by atoms with Crippen LogP contribution in [0, 0.1) is 11.8 Å². The number of hydrogen-bond donors (Lipinski definition) is 7. The van der Waals surface area contributed by atoms with E-state index in [1.807, 2.05) is 12.1 Å². The fraction of sp³-hybridized carbons (Fsp3) is 0.548. The number of aliphatic hydroxyl groups is 1. The number of carbonyl (C=O) groups excluding carboxylic acids is 7. The molecule has 0 aliphatic rings. The summed E-state index contributed by atoms with van der Waals surface area (Å²) in [6.07, 6.45) is 2.10. The summed E-state index contributed by atoms with van der Waals surface area (Å²) in [6, 6.07) is 13.0. The minimum Gasteiger partial charge on any atom is -0.427 e. The zero-order chi connectivity index (χ0) is 42.5. The lowest BCUT2D eigenvalue weighted by molar-refractivity contribution is -0.136. The topological polar surface area (TPSA) is 256 Å². The molecule has 2 aromatic carbocycles. The number of carbonyl (C=O) groups is 7. The predicted molar refractivity (Wildman–Crippen MR) is 217 cm³/mol. The second kappa shape index (κ2) is 25.6. The summed E-state index contributed by atoms with van der Waals surface area (Å²) in [4.78, 5) is 89.8. The molecule has 3 amide bonds. The fourth-order valence-electron chi connectivity index (χ4n) is 6.39. The van der Waals surface area contributed by atoms with Crippen molar-refractivity contribution >= 4 is 48.0 Å². The molecule has 1 unspecified atom stereocenters. The Balaban J connectivity index is 1.98. The van der Waals surface area contributed by atoms with Gasteiger partial charge in [0.2, 0.25) is 17.7 Å². The van der Waals surface area contributed by atoms with E-state index < -0.39 is 79.3 Å². The van der Waals surface area contributed by atoms with Gasteiger partial charge < -0.3 is 37.3 Å². The third-order valence-electron chi connectivity index (χ3n) is 9.87. The molecular formula is C42H61BN4O10. The van der Waals surface area contributed by atoms with Crippen LogP contribution in [-0.4, -0.2) is 87.9 Å². The number of aryl methyl sites for hydroxylation is 1. The molecule has 0 aromatic heterocycles. The van der Waals surface area contributed by atoms with E-state index in [-0.39, 0.29) is 43.6 Å². The van der Waals surface area contributed by atoms with Crippen molar-refractivity contribution in [3.8, 4) is 11.1 Å². The Morgan fingerprint density at radius 1 is 0.737 bits per heavy atom. The minimum atomic E-state index is -1.77. The summed E-state index contributed by atoms with van der Waals surface area (Å²) in [5.41, 5.74) is 14.8. The third kappa shape index (κ3) is 18.1. The first-order valence-corrected chi connectivity index (χ1v) is 20.0. The van der Waals surface area contributed by atoms with E-state index >= 15 is 0 Å². The normalized spacial score (nSPS) is 13.7. The summed E-state index contributed by atoms with van der Waals surface area (Å²) in [7, 11) is -1.77. The smallest absolute Gasteiger partial charge is 0.427 e. The highest BCUT2D eigenvalue weighted by Crippen LogP contribution is 2.23. The second-order valence-corrected chi connectivity index (χ2v) is 14.9. The maximum Gasteiger partial charge on any atom is 0.451 e. The Labute approximate surface area is 336 Å². The van der Waals surface area contributed by atoms with E-state index in [1.165, 1.54) is 19.4 Å². The molecule has 5 atom stereocenters. The summed E-state index contributed by atoms with van der Waals surface area (Å²) in [5.74, 6) is -5.83. The van der Waals surface area contributed by atoms with Gasteiger partial charge in [0.1, 0.15) is 11.8 Å². The highest BCUT2D eigenvalue weighted by Gasteiger charge is 2.33. The van der Waals surface area contributed by atoms with Gasteiger partial charge >= 0.3 is 7.12 Å². The van der Waals surface area contributed by atoms with Crippen LogP contribution in [0.15, 0.2) is 48.5 Å². The van der Waals surface area contributed by atoms with Crippen molar-refractivity contribution in [1.82, 2.24) is 10.6 Å². The quantitative estimate of drug-likeness (QED) is 0.0358. The Kier molecular flexibility index (Phi) is 21.9. The molecule has 0 saturated heterocycles. The van der Waals surface area contributed by atoms with Crippen molar-refractivity contribution in [3.63, 3.8) is 0 Å². The molecule has 0 spiro atoms. The van der Waals surface area contributed by atoms with Gasteiger partial charge in [-0.3, -0.25) is 33.6 Å². The summed E-state index contributed by atoms with van der Waals surface area (Å²) in [5, 5.41) is 33.5. The monoisotopic (exact) mass is 792 g/mol. The first-order valence-electron chi connectivity index (χ1n) is 20.0. The molecule has 0 saturated carbocycles. The van der Waals surface area contributed by atoms with Gasteiger partial charge in [0.25, 0.3) is 0 Å². The molecule has 2 rings (SSSR count). The lowest BCUT2D eigenvalue weighted by Gasteiger charge is -2.25. The predicted octanol–water partition coefficient (Wildman–Crippen LogP) is 3.01. The maximum atomic E-state index is 13.5. The number of rotatable bonds is 29. The lowest BCUT2D eigenvalue weighted by Crippen LogP contribution is -2.51. The standard InChI is InChI=1S/C42H61BN4O10/c1-4-5-9-29-13-15-30(16-14-29)31-17-19-32(20-18-31)36(50)12-8-11-34(49)25-33(10-6-7-23-44)42(55)47-40(28(3)48)38(52)24-27(2)41(54)46-35(26-39(45)53)37(51)21-22-43(56)57/h13-20,27-28,33,35,40,48,56-57H,4-12,21-26,44H2,1-3H3,(H2,45,53)(H,46,54)(H,47,55)/t27-,28?,33-,35+,40+/m1/s1. The van der Waals surface area contributed by atoms with Gasteiger partial charge in [-0.1, -0.05) is 75.2 Å². The van der Waals surface area contributed by atoms with Crippen molar-refractivity contribution in [2.75, 3.05) is 6.54 Å². The van der Waals surface area contributed by atoms with Crippen molar-refractivity contribution in [1.29, 1.82) is 0 Å². The van der Waals surface area contributed by atoms with Crippen LogP contribution in [0.4, 0.5) is 0 Å². The van der Waals surface area contributed by atoms with Gasteiger partial charge in [0.15, 0.2) is 17.3 Å². The van der Waals surface area contributed by atoms with Crippen LogP contribution in [0.25, 0.3) is 11.1 Å². The molecule has 15 heteroatoms. The largest absolute Gasteiger partial charge is 0.451 e. The van der Waals surface area contributed by atoms with Gasteiger partial charge in [0, 0.05) is 49.5 Å². The number of unbranched alkanes of at least 4 members (excludes halogenated alkanes) is 2. The van der Waals surface area contributed by atoms with Crippen LogP contribution in [-0.2, 0) is 35.2 Å². The van der Waals surface area contributed by atoms with E-state index in [1.54, 1.807) is 12.1 Å². The lowest BCUT2D eigenvalue weighted by atomic mass is 9.82. The van der Waals surface area contributed by atoms with Crippen LogP contribution in [0.5, 0.6) is 0 Å². The van der Waals surface area contributed by atoms with E-state index in [9.17, 15) is 38.7 Å². The van der Waals surface area contributed by atoms with Crippen LogP contribution in [0.3, 0.4) is 0 Å². The van der Waals surface area contributed by atoms with Crippen molar-refractivity contribution < 1.29 is 48.7 Å². The van der Waals surface area contributed by atoms with Gasteiger partial charge in [-0.15, -0.1) is 0 Å². The molecule has 0 heterocycles. The zero-order valence-corrected chi connectivity index (χ0v) is 33.5. The molecule has 0 fully saturated rings.